The van der Waals surface area contributed by atoms with E-state index in [9.17, 15) is 4.79 Å². The zero-order valence-electron chi connectivity index (χ0n) is 11.3. The van der Waals surface area contributed by atoms with Crippen molar-refractivity contribution >= 4 is 6.16 Å². The van der Waals surface area contributed by atoms with E-state index in [2.05, 4.69) is 0 Å². The van der Waals surface area contributed by atoms with E-state index in [1.54, 1.807) is 13.8 Å². The van der Waals surface area contributed by atoms with E-state index in [-0.39, 0.29) is 30.8 Å². The van der Waals surface area contributed by atoms with Gasteiger partial charge in [-0.2, -0.15) is 0 Å². The maximum Gasteiger partial charge on any atom is 0.508 e. The first-order valence-corrected chi connectivity index (χ1v) is 6.21. The topological polar surface area (TPSA) is 101 Å². The van der Waals surface area contributed by atoms with Crippen molar-refractivity contribution in [3.8, 4) is 0 Å². The number of carbonyl (C=O) groups excluding carboxylic acids is 1. The van der Waals surface area contributed by atoms with Gasteiger partial charge in [0.2, 0.25) is 0 Å². The minimum atomic E-state index is -0.638. The number of carbonyl (C=O) groups is 1. The summed E-state index contributed by atoms with van der Waals surface area (Å²) in [5, 5.41) is 16.9. The molecule has 112 valence electrons. The van der Waals surface area contributed by atoms with Gasteiger partial charge in [-0.1, -0.05) is 13.8 Å². The van der Waals surface area contributed by atoms with Crippen LogP contribution in [-0.2, 0) is 18.9 Å². The quantitative estimate of drug-likeness (QED) is 0.518. The van der Waals surface area contributed by atoms with Gasteiger partial charge in [-0.3, -0.25) is 0 Å². The number of ether oxygens (including phenoxy) is 4. The summed E-state index contributed by atoms with van der Waals surface area (Å²) < 4.78 is 19.1. The Bertz CT molecular complexity index is 247. The van der Waals surface area contributed by atoms with Crippen LogP contribution in [0, 0.1) is 5.41 Å². The lowest BCUT2D eigenvalue weighted by Gasteiger charge is -2.16. The molecule has 2 heterocycles. The van der Waals surface area contributed by atoms with E-state index in [4.69, 9.17) is 29.2 Å². The van der Waals surface area contributed by atoms with Crippen molar-refractivity contribution < 1.29 is 34.0 Å². The summed E-state index contributed by atoms with van der Waals surface area (Å²) in [7, 11) is 0. The fourth-order valence-corrected chi connectivity index (χ4v) is 0.742. The molecule has 0 bridgehead atoms. The molecule has 0 aromatic heterocycles. The predicted molar refractivity (Wildman–Crippen MR) is 64.7 cm³/mol. The van der Waals surface area contributed by atoms with Crippen LogP contribution in [0.15, 0.2) is 0 Å². The van der Waals surface area contributed by atoms with Crippen molar-refractivity contribution in [2.24, 2.45) is 5.41 Å². The standard InChI is InChI=1S/C7H10O5.C5H12O2/c8-7(11-3-5-1-9-5)12-4-6-2-10-6;1-5(2,3-6)4-7/h5-6H,1-4H2;6-7H,3-4H2,1-2H3. The molecule has 2 atom stereocenters. The maximum atomic E-state index is 10.8. The van der Waals surface area contributed by atoms with Crippen LogP contribution in [0.1, 0.15) is 13.8 Å². The van der Waals surface area contributed by atoms with E-state index in [0.717, 1.165) is 0 Å². The molecule has 0 saturated carbocycles. The van der Waals surface area contributed by atoms with Gasteiger partial charge in [-0.15, -0.1) is 0 Å². The highest BCUT2D eigenvalue weighted by atomic mass is 16.7. The average molecular weight is 278 g/mol. The van der Waals surface area contributed by atoms with Gasteiger partial charge in [0.15, 0.2) is 0 Å². The van der Waals surface area contributed by atoms with Crippen LogP contribution in [0.3, 0.4) is 0 Å². The highest BCUT2D eigenvalue weighted by Crippen LogP contribution is 2.11. The summed E-state index contributed by atoms with van der Waals surface area (Å²) in [5.74, 6) is 0. The highest BCUT2D eigenvalue weighted by Gasteiger charge is 2.27. The second-order valence-corrected chi connectivity index (χ2v) is 5.26. The molecule has 0 spiro atoms. The van der Waals surface area contributed by atoms with Crippen LogP contribution in [-0.4, -0.2) is 68.2 Å². The van der Waals surface area contributed by atoms with E-state index in [0.29, 0.717) is 26.4 Å². The van der Waals surface area contributed by atoms with Crippen molar-refractivity contribution in [2.75, 3.05) is 39.6 Å². The van der Waals surface area contributed by atoms with Gasteiger partial charge < -0.3 is 29.2 Å². The summed E-state index contributed by atoms with van der Waals surface area (Å²) in [5.41, 5.74) is -0.306. The highest BCUT2D eigenvalue weighted by molar-refractivity contribution is 5.59. The molecule has 2 rings (SSSR count). The van der Waals surface area contributed by atoms with Crippen LogP contribution in [0.2, 0.25) is 0 Å². The van der Waals surface area contributed by atoms with Crippen LogP contribution in [0.25, 0.3) is 0 Å². The zero-order valence-corrected chi connectivity index (χ0v) is 11.3. The monoisotopic (exact) mass is 278 g/mol. The summed E-state index contributed by atoms with van der Waals surface area (Å²) in [6.07, 6.45) is -0.453. The van der Waals surface area contributed by atoms with E-state index in [1.807, 2.05) is 0 Å². The number of rotatable bonds is 6. The van der Waals surface area contributed by atoms with Crippen molar-refractivity contribution in [1.29, 1.82) is 0 Å². The minimum Gasteiger partial charge on any atom is -0.431 e. The first-order valence-electron chi connectivity index (χ1n) is 6.21. The Hall–Kier alpha value is -0.890. The summed E-state index contributed by atoms with van der Waals surface area (Å²) >= 11 is 0. The molecular weight excluding hydrogens is 256 g/mol. The normalized spacial score (nSPS) is 24.0. The minimum absolute atomic E-state index is 0.0451. The molecule has 2 saturated heterocycles. The van der Waals surface area contributed by atoms with Crippen LogP contribution in [0.4, 0.5) is 4.79 Å². The molecule has 2 fully saturated rings. The van der Waals surface area contributed by atoms with Crippen molar-refractivity contribution in [3.05, 3.63) is 0 Å². The van der Waals surface area contributed by atoms with E-state index >= 15 is 0 Å². The molecule has 2 unspecified atom stereocenters. The molecule has 0 amide bonds. The number of aliphatic hydroxyl groups is 2. The van der Waals surface area contributed by atoms with Gasteiger partial charge in [-0.05, 0) is 0 Å². The molecule has 0 radical (unpaired) electrons. The van der Waals surface area contributed by atoms with Gasteiger partial charge >= 0.3 is 6.16 Å². The third-order valence-corrected chi connectivity index (χ3v) is 2.43. The number of hydrogen-bond acceptors (Lipinski definition) is 7. The molecule has 7 nitrogen and oxygen atoms in total. The third kappa shape index (κ3) is 8.77. The van der Waals surface area contributed by atoms with Crippen molar-refractivity contribution in [2.45, 2.75) is 26.1 Å². The SMILES string of the molecule is CC(C)(CO)CO.O=C(OCC1CO1)OCC1CO1. The predicted octanol–water partition coefficient (Wildman–Crippen LogP) is -0.0656. The first-order chi connectivity index (χ1) is 8.96. The Labute approximate surface area is 112 Å². The molecule has 19 heavy (non-hydrogen) atoms. The molecule has 7 heteroatoms. The van der Waals surface area contributed by atoms with Crippen LogP contribution in [0.5, 0.6) is 0 Å². The van der Waals surface area contributed by atoms with Crippen molar-refractivity contribution in [3.63, 3.8) is 0 Å². The van der Waals surface area contributed by atoms with E-state index < -0.39 is 6.16 Å². The Kier molecular flexibility index (Phi) is 6.50. The lowest BCUT2D eigenvalue weighted by Crippen LogP contribution is -2.20. The molecule has 2 N–H and O–H groups in total. The fraction of sp³-hybridized carbons (Fsp3) is 0.917. The summed E-state index contributed by atoms with van der Waals surface area (Å²) in [6.45, 7) is 5.64. The largest absolute Gasteiger partial charge is 0.508 e. The molecule has 0 aromatic rings. The average Bonchev–Trinajstić information content (AvgIpc) is 3.29. The first kappa shape index (κ1) is 16.2. The Balaban J connectivity index is 0.000000224. The molecule has 0 aromatic carbocycles. The summed E-state index contributed by atoms with van der Waals surface area (Å²) in [6, 6.07) is 0. The fourth-order valence-electron chi connectivity index (χ4n) is 0.742. The smallest absolute Gasteiger partial charge is 0.431 e. The maximum absolute atomic E-state index is 10.8. The van der Waals surface area contributed by atoms with E-state index in [1.165, 1.54) is 0 Å². The van der Waals surface area contributed by atoms with Gasteiger partial charge in [0.1, 0.15) is 25.4 Å². The second-order valence-electron chi connectivity index (χ2n) is 5.26. The molecule has 0 aliphatic carbocycles. The van der Waals surface area contributed by atoms with Crippen LogP contribution < -0.4 is 0 Å². The van der Waals surface area contributed by atoms with Crippen molar-refractivity contribution in [1.82, 2.24) is 0 Å². The second kappa shape index (κ2) is 7.64. The number of epoxide rings is 2. The molecule has 2 aliphatic rings. The number of hydrogen-bond donors (Lipinski definition) is 2. The third-order valence-electron chi connectivity index (χ3n) is 2.43. The van der Waals surface area contributed by atoms with Gasteiger partial charge in [-0.25, -0.2) is 4.79 Å². The molecule has 2 aliphatic heterocycles. The zero-order chi connectivity index (χ0) is 14.3. The lowest BCUT2D eigenvalue weighted by atomic mass is 9.97. The summed E-state index contributed by atoms with van der Waals surface area (Å²) in [4.78, 5) is 10.8. The van der Waals surface area contributed by atoms with Gasteiger partial charge in [0, 0.05) is 5.41 Å². The molecular formula is C12H22O7. The van der Waals surface area contributed by atoms with Gasteiger partial charge in [0.25, 0.3) is 0 Å². The Morgan fingerprint density at radius 3 is 1.68 bits per heavy atom. The van der Waals surface area contributed by atoms with Gasteiger partial charge in [0.05, 0.1) is 26.4 Å². The Morgan fingerprint density at radius 2 is 1.47 bits per heavy atom. The van der Waals surface area contributed by atoms with Crippen LogP contribution >= 0.6 is 0 Å². The Morgan fingerprint density at radius 1 is 1.11 bits per heavy atom. The number of aliphatic hydroxyl groups excluding tert-OH is 2. The lowest BCUT2D eigenvalue weighted by molar-refractivity contribution is 0.0461.